The summed E-state index contributed by atoms with van der Waals surface area (Å²) in [6.07, 6.45) is 3.86. The topological polar surface area (TPSA) is 66.8 Å². The van der Waals surface area contributed by atoms with Gasteiger partial charge in [-0.15, -0.1) is 0 Å². The molecule has 0 aromatic rings. The molecule has 5 heteroatoms. The van der Waals surface area contributed by atoms with Crippen LogP contribution >= 0.6 is 0 Å². The number of aliphatic carboxylic acids is 1. The van der Waals surface area contributed by atoms with Gasteiger partial charge in [-0.05, 0) is 45.4 Å². The van der Waals surface area contributed by atoms with Crippen molar-refractivity contribution in [2.75, 3.05) is 13.1 Å². The van der Waals surface area contributed by atoms with Gasteiger partial charge in [0, 0.05) is 13.1 Å². The summed E-state index contributed by atoms with van der Waals surface area (Å²) in [5.74, 6) is -0.692. The van der Waals surface area contributed by atoms with E-state index < -0.39 is 17.5 Å². The van der Waals surface area contributed by atoms with Crippen LogP contribution in [0.5, 0.6) is 0 Å². The lowest BCUT2D eigenvalue weighted by molar-refractivity contribution is -0.148. The molecule has 0 aromatic heterocycles. The van der Waals surface area contributed by atoms with Crippen molar-refractivity contribution in [2.24, 2.45) is 17.8 Å². The molecule has 3 atom stereocenters. The zero-order valence-corrected chi connectivity index (χ0v) is 12.6. The number of carbonyl (C=O) groups excluding carboxylic acids is 1. The number of rotatable bonds is 1. The van der Waals surface area contributed by atoms with Gasteiger partial charge in [-0.3, -0.25) is 4.79 Å². The molecule has 5 nitrogen and oxygen atoms in total. The van der Waals surface area contributed by atoms with E-state index in [0.29, 0.717) is 12.5 Å². The number of hydrogen-bond acceptors (Lipinski definition) is 3. The van der Waals surface area contributed by atoms with Gasteiger partial charge in [-0.2, -0.15) is 0 Å². The van der Waals surface area contributed by atoms with Crippen molar-refractivity contribution in [1.82, 2.24) is 4.90 Å². The lowest BCUT2D eigenvalue weighted by Gasteiger charge is -2.44. The number of fused-ring (bicyclic) bond motifs is 1. The minimum absolute atomic E-state index is 0.222. The second-order valence-electron chi connectivity index (χ2n) is 7.04. The normalized spacial score (nSPS) is 30.6. The third-order valence-electron chi connectivity index (χ3n) is 4.33. The summed E-state index contributed by atoms with van der Waals surface area (Å²) in [5.41, 5.74) is -0.542. The molecule has 1 N–H and O–H groups in total. The quantitative estimate of drug-likeness (QED) is 0.803. The smallest absolute Gasteiger partial charge is 0.410 e. The first-order valence-corrected chi connectivity index (χ1v) is 7.48. The van der Waals surface area contributed by atoms with Gasteiger partial charge in [0.2, 0.25) is 0 Å². The fraction of sp³-hybridized carbons (Fsp3) is 0.867. The predicted octanol–water partition coefficient (Wildman–Crippen LogP) is 2.74. The van der Waals surface area contributed by atoms with Crippen LogP contribution in [0.3, 0.4) is 0 Å². The molecular formula is C15H25NO4. The highest BCUT2D eigenvalue weighted by Gasteiger charge is 2.43. The average molecular weight is 283 g/mol. The highest BCUT2D eigenvalue weighted by Crippen LogP contribution is 2.39. The number of amides is 1. The Labute approximate surface area is 120 Å². The number of carboxylic acid groups (broad SMARTS) is 1. The zero-order chi connectivity index (χ0) is 14.9. The van der Waals surface area contributed by atoms with Crippen LogP contribution in [-0.2, 0) is 9.53 Å². The summed E-state index contributed by atoms with van der Waals surface area (Å²) in [6, 6.07) is 0. The van der Waals surface area contributed by atoms with E-state index in [0.717, 1.165) is 25.7 Å². The average Bonchev–Trinajstić information content (AvgIpc) is 2.35. The van der Waals surface area contributed by atoms with Gasteiger partial charge in [0.15, 0.2) is 0 Å². The van der Waals surface area contributed by atoms with E-state index in [4.69, 9.17) is 4.74 Å². The minimum atomic E-state index is -0.782. The van der Waals surface area contributed by atoms with Crippen LogP contribution in [0, 0.1) is 17.8 Å². The largest absolute Gasteiger partial charge is 0.481 e. The van der Waals surface area contributed by atoms with Crippen LogP contribution in [0.2, 0.25) is 0 Å². The molecule has 114 valence electrons. The van der Waals surface area contributed by atoms with Gasteiger partial charge in [0.05, 0.1) is 5.92 Å². The standard InChI is InChI=1S/C15H25NO4/c1-15(2,3)20-14(19)16-8-10-6-4-5-7-11(10)12(9-16)13(17)18/h10-12H,4-9H2,1-3H3,(H,17,18). The van der Waals surface area contributed by atoms with Gasteiger partial charge in [0.25, 0.3) is 0 Å². The number of hydrogen-bond donors (Lipinski definition) is 1. The van der Waals surface area contributed by atoms with E-state index in [9.17, 15) is 14.7 Å². The SMILES string of the molecule is CC(C)(C)OC(=O)N1CC2CCCCC2C(C(=O)O)C1. The monoisotopic (exact) mass is 283 g/mol. The van der Waals surface area contributed by atoms with E-state index >= 15 is 0 Å². The summed E-state index contributed by atoms with van der Waals surface area (Å²) in [6.45, 7) is 6.40. The maximum absolute atomic E-state index is 12.2. The fourth-order valence-corrected chi connectivity index (χ4v) is 3.46. The molecule has 1 saturated heterocycles. The van der Waals surface area contributed by atoms with Crippen molar-refractivity contribution in [3.8, 4) is 0 Å². The van der Waals surface area contributed by atoms with Crippen LogP contribution in [-0.4, -0.2) is 40.8 Å². The van der Waals surface area contributed by atoms with E-state index in [1.807, 2.05) is 20.8 Å². The van der Waals surface area contributed by atoms with Gasteiger partial charge >= 0.3 is 12.1 Å². The van der Waals surface area contributed by atoms with Gasteiger partial charge in [-0.25, -0.2) is 4.79 Å². The summed E-state index contributed by atoms with van der Waals surface area (Å²) >= 11 is 0. The number of nitrogens with zero attached hydrogens (tertiary/aromatic N) is 1. The van der Waals surface area contributed by atoms with Crippen LogP contribution in [0.15, 0.2) is 0 Å². The molecule has 1 amide bonds. The maximum Gasteiger partial charge on any atom is 0.410 e. The molecule has 20 heavy (non-hydrogen) atoms. The third-order valence-corrected chi connectivity index (χ3v) is 4.33. The van der Waals surface area contributed by atoms with E-state index in [-0.39, 0.29) is 18.6 Å². The lowest BCUT2D eigenvalue weighted by atomic mass is 9.70. The highest BCUT2D eigenvalue weighted by molar-refractivity contribution is 5.74. The summed E-state index contributed by atoms with van der Waals surface area (Å²) < 4.78 is 5.38. The Kier molecular flexibility index (Phi) is 4.25. The molecule has 2 fully saturated rings. The van der Waals surface area contributed by atoms with Crippen LogP contribution in [0.25, 0.3) is 0 Å². The number of carbonyl (C=O) groups is 2. The lowest BCUT2D eigenvalue weighted by Crippen LogP contribution is -2.52. The minimum Gasteiger partial charge on any atom is -0.481 e. The second kappa shape index (κ2) is 5.62. The molecular weight excluding hydrogens is 258 g/mol. The van der Waals surface area contributed by atoms with E-state index in [1.165, 1.54) is 0 Å². The molecule has 1 saturated carbocycles. The Morgan fingerprint density at radius 1 is 1.15 bits per heavy atom. The van der Waals surface area contributed by atoms with E-state index in [2.05, 4.69) is 0 Å². The van der Waals surface area contributed by atoms with Gasteiger partial charge < -0.3 is 14.7 Å². The molecule has 1 heterocycles. The number of likely N-dealkylation sites (tertiary alicyclic amines) is 1. The predicted molar refractivity (Wildman–Crippen MR) is 74.4 cm³/mol. The third kappa shape index (κ3) is 3.44. The van der Waals surface area contributed by atoms with Crippen molar-refractivity contribution < 1.29 is 19.4 Å². The number of ether oxygens (including phenoxy) is 1. The zero-order valence-electron chi connectivity index (χ0n) is 12.6. The first kappa shape index (κ1) is 15.1. The van der Waals surface area contributed by atoms with Crippen molar-refractivity contribution in [2.45, 2.75) is 52.1 Å². The van der Waals surface area contributed by atoms with Crippen LogP contribution in [0.4, 0.5) is 4.79 Å². The fourth-order valence-electron chi connectivity index (χ4n) is 3.46. The van der Waals surface area contributed by atoms with Crippen LogP contribution < -0.4 is 0 Å². The Hall–Kier alpha value is -1.26. The van der Waals surface area contributed by atoms with Crippen molar-refractivity contribution in [3.05, 3.63) is 0 Å². The molecule has 1 aliphatic heterocycles. The first-order valence-electron chi connectivity index (χ1n) is 7.48. The summed E-state index contributed by atoms with van der Waals surface area (Å²) in [4.78, 5) is 25.2. The molecule has 3 unspecified atom stereocenters. The van der Waals surface area contributed by atoms with Gasteiger partial charge in [0.1, 0.15) is 5.60 Å². The summed E-state index contributed by atoms with van der Waals surface area (Å²) in [7, 11) is 0. The Bertz CT molecular complexity index is 388. The Morgan fingerprint density at radius 2 is 1.80 bits per heavy atom. The Morgan fingerprint density at radius 3 is 2.40 bits per heavy atom. The van der Waals surface area contributed by atoms with Crippen molar-refractivity contribution in [1.29, 1.82) is 0 Å². The highest BCUT2D eigenvalue weighted by atomic mass is 16.6. The molecule has 1 aliphatic carbocycles. The van der Waals surface area contributed by atoms with E-state index in [1.54, 1.807) is 4.90 Å². The molecule has 2 aliphatic rings. The number of piperidine rings is 1. The molecule has 2 rings (SSSR count). The maximum atomic E-state index is 12.2. The Balaban J connectivity index is 2.08. The molecule has 0 bridgehead atoms. The molecule has 0 aromatic carbocycles. The van der Waals surface area contributed by atoms with Crippen molar-refractivity contribution >= 4 is 12.1 Å². The van der Waals surface area contributed by atoms with Crippen molar-refractivity contribution in [3.63, 3.8) is 0 Å². The second-order valence-corrected chi connectivity index (χ2v) is 7.04. The summed E-state index contributed by atoms with van der Waals surface area (Å²) in [5, 5.41) is 9.43. The first-order chi connectivity index (χ1) is 9.28. The number of carboxylic acids is 1. The molecule has 0 spiro atoms. The van der Waals surface area contributed by atoms with Crippen LogP contribution in [0.1, 0.15) is 46.5 Å². The molecule has 0 radical (unpaired) electrons. The van der Waals surface area contributed by atoms with Gasteiger partial charge in [-0.1, -0.05) is 12.8 Å².